The summed E-state index contributed by atoms with van der Waals surface area (Å²) in [5, 5.41) is 2.92. The van der Waals surface area contributed by atoms with E-state index in [1.807, 2.05) is 44.2 Å². The molecule has 1 aliphatic heterocycles. The van der Waals surface area contributed by atoms with Crippen LogP contribution in [0.2, 0.25) is 0 Å². The first kappa shape index (κ1) is 22.9. The lowest BCUT2D eigenvalue weighted by molar-refractivity contribution is 0.0951. The lowest BCUT2D eigenvalue weighted by Gasteiger charge is -2.23. The van der Waals surface area contributed by atoms with Gasteiger partial charge in [-0.2, -0.15) is 0 Å². The second kappa shape index (κ2) is 9.67. The Morgan fingerprint density at radius 1 is 0.879 bits per heavy atom. The zero-order valence-electron chi connectivity index (χ0n) is 19.0. The Morgan fingerprint density at radius 3 is 2.12 bits per heavy atom. The molecule has 6 nitrogen and oxygen atoms in total. The van der Waals surface area contributed by atoms with Crippen molar-refractivity contribution < 1.29 is 13.2 Å². The van der Waals surface area contributed by atoms with Gasteiger partial charge in [-0.3, -0.25) is 9.52 Å². The molecule has 4 rings (SSSR count). The summed E-state index contributed by atoms with van der Waals surface area (Å²) in [6.45, 7) is 6.05. The zero-order chi connectivity index (χ0) is 23.4. The predicted molar refractivity (Wildman–Crippen MR) is 132 cm³/mol. The predicted octanol–water partition coefficient (Wildman–Crippen LogP) is 4.63. The van der Waals surface area contributed by atoms with Crippen LogP contribution in [-0.2, 0) is 16.6 Å². The number of aryl methyl sites for hydroxylation is 2. The standard InChI is InChI=1S/C26H29N3O3S/c1-19-5-9-21(10-6-19)18-27-26(30)22-11-14-25(29-15-3-4-16-29)24(17-22)28-33(31,32)23-12-7-20(2)8-13-23/h5-14,17,28H,3-4,15-16,18H2,1-2H3,(H,27,30). The van der Waals surface area contributed by atoms with E-state index in [1.165, 1.54) is 0 Å². The molecule has 172 valence electrons. The Kier molecular flexibility index (Phi) is 6.70. The molecule has 0 spiro atoms. The highest BCUT2D eigenvalue weighted by atomic mass is 32.2. The number of hydrogen-bond acceptors (Lipinski definition) is 4. The van der Waals surface area contributed by atoms with E-state index >= 15 is 0 Å². The molecule has 3 aromatic carbocycles. The van der Waals surface area contributed by atoms with Gasteiger partial charge in [-0.25, -0.2) is 8.42 Å². The van der Waals surface area contributed by atoms with Gasteiger partial charge in [0, 0.05) is 25.2 Å². The highest BCUT2D eigenvalue weighted by Crippen LogP contribution is 2.32. The van der Waals surface area contributed by atoms with E-state index in [1.54, 1.807) is 36.4 Å². The van der Waals surface area contributed by atoms with Crippen molar-refractivity contribution in [3.8, 4) is 0 Å². The Labute approximate surface area is 195 Å². The second-order valence-corrected chi connectivity index (χ2v) is 10.2. The van der Waals surface area contributed by atoms with E-state index in [9.17, 15) is 13.2 Å². The summed E-state index contributed by atoms with van der Waals surface area (Å²) in [5.41, 5.74) is 4.76. The number of sulfonamides is 1. The van der Waals surface area contributed by atoms with Crippen LogP contribution >= 0.6 is 0 Å². The minimum atomic E-state index is -3.79. The molecule has 7 heteroatoms. The van der Waals surface area contributed by atoms with Gasteiger partial charge < -0.3 is 10.2 Å². The van der Waals surface area contributed by atoms with Crippen molar-refractivity contribution in [2.75, 3.05) is 22.7 Å². The fraction of sp³-hybridized carbons (Fsp3) is 0.269. The first-order valence-corrected chi connectivity index (χ1v) is 12.6. The first-order chi connectivity index (χ1) is 15.8. The van der Waals surface area contributed by atoms with E-state index in [0.29, 0.717) is 17.8 Å². The van der Waals surface area contributed by atoms with Crippen LogP contribution in [0.4, 0.5) is 11.4 Å². The van der Waals surface area contributed by atoms with Gasteiger partial charge in [0.15, 0.2) is 0 Å². The third kappa shape index (κ3) is 5.54. The summed E-state index contributed by atoms with van der Waals surface area (Å²) in [7, 11) is -3.79. The quantitative estimate of drug-likeness (QED) is 0.535. The maximum atomic E-state index is 13.1. The van der Waals surface area contributed by atoms with E-state index in [4.69, 9.17) is 0 Å². The number of benzene rings is 3. The van der Waals surface area contributed by atoms with Gasteiger partial charge in [-0.05, 0) is 62.6 Å². The molecule has 0 aliphatic carbocycles. The molecule has 0 unspecified atom stereocenters. The average Bonchev–Trinajstić information content (AvgIpc) is 3.33. The van der Waals surface area contributed by atoms with Gasteiger partial charge in [0.25, 0.3) is 15.9 Å². The molecule has 0 bridgehead atoms. The van der Waals surface area contributed by atoms with Crippen molar-refractivity contribution >= 4 is 27.3 Å². The maximum Gasteiger partial charge on any atom is 0.261 e. The van der Waals surface area contributed by atoms with Crippen molar-refractivity contribution in [1.82, 2.24) is 5.32 Å². The monoisotopic (exact) mass is 463 g/mol. The molecular formula is C26H29N3O3S. The van der Waals surface area contributed by atoms with Crippen LogP contribution < -0.4 is 14.9 Å². The van der Waals surface area contributed by atoms with Gasteiger partial charge >= 0.3 is 0 Å². The van der Waals surface area contributed by atoms with Gasteiger partial charge in [0.2, 0.25) is 0 Å². The molecule has 1 saturated heterocycles. The number of carbonyl (C=O) groups is 1. The maximum absolute atomic E-state index is 13.1. The second-order valence-electron chi connectivity index (χ2n) is 8.51. The number of hydrogen-bond donors (Lipinski definition) is 2. The lowest BCUT2D eigenvalue weighted by Crippen LogP contribution is -2.25. The number of nitrogens with zero attached hydrogens (tertiary/aromatic N) is 1. The fourth-order valence-electron chi connectivity index (χ4n) is 3.90. The molecule has 1 fully saturated rings. The lowest BCUT2D eigenvalue weighted by atomic mass is 10.1. The molecular weight excluding hydrogens is 434 g/mol. The minimum absolute atomic E-state index is 0.190. The number of nitrogens with one attached hydrogen (secondary N) is 2. The smallest absolute Gasteiger partial charge is 0.261 e. The summed E-state index contributed by atoms with van der Waals surface area (Å²) < 4.78 is 28.9. The van der Waals surface area contributed by atoms with E-state index in [0.717, 1.165) is 48.3 Å². The number of amides is 1. The molecule has 1 amide bonds. The summed E-state index contributed by atoms with van der Waals surface area (Å²) >= 11 is 0. The third-order valence-corrected chi connectivity index (χ3v) is 7.24. The Balaban J connectivity index is 1.59. The van der Waals surface area contributed by atoms with Gasteiger partial charge in [-0.15, -0.1) is 0 Å². The van der Waals surface area contributed by atoms with Crippen LogP contribution in [0.15, 0.2) is 71.6 Å². The summed E-state index contributed by atoms with van der Waals surface area (Å²) in [5.74, 6) is -0.251. The molecule has 0 atom stereocenters. The summed E-state index contributed by atoms with van der Waals surface area (Å²) in [6, 6.07) is 19.9. The molecule has 2 N–H and O–H groups in total. The van der Waals surface area contributed by atoms with E-state index in [-0.39, 0.29) is 10.8 Å². The molecule has 0 saturated carbocycles. The van der Waals surface area contributed by atoms with Crippen molar-refractivity contribution in [1.29, 1.82) is 0 Å². The topological polar surface area (TPSA) is 78.5 Å². The number of anilines is 2. The van der Waals surface area contributed by atoms with Crippen LogP contribution in [0.3, 0.4) is 0 Å². The van der Waals surface area contributed by atoms with Crippen LogP contribution in [0, 0.1) is 13.8 Å². The highest BCUT2D eigenvalue weighted by molar-refractivity contribution is 7.92. The van der Waals surface area contributed by atoms with Crippen molar-refractivity contribution in [2.24, 2.45) is 0 Å². The summed E-state index contributed by atoms with van der Waals surface area (Å²) in [6.07, 6.45) is 2.12. The zero-order valence-corrected chi connectivity index (χ0v) is 19.8. The van der Waals surface area contributed by atoms with E-state index < -0.39 is 10.0 Å². The molecule has 3 aromatic rings. The molecule has 1 heterocycles. The Morgan fingerprint density at radius 2 is 1.48 bits per heavy atom. The molecule has 0 aromatic heterocycles. The minimum Gasteiger partial charge on any atom is -0.370 e. The van der Waals surface area contributed by atoms with Crippen LogP contribution in [0.1, 0.15) is 39.9 Å². The molecule has 1 aliphatic rings. The molecule has 0 radical (unpaired) electrons. The SMILES string of the molecule is Cc1ccc(CNC(=O)c2ccc(N3CCCC3)c(NS(=O)(=O)c3ccc(C)cc3)c2)cc1. The number of rotatable bonds is 7. The highest BCUT2D eigenvalue weighted by Gasteiger charge is 2.22. The first-order valence-electron chi connectivity index (χ1n) is 11.1. The largest absolute Gasteiger partial charge is 0.370 e. The number of carbonyl (C=O) groups excluding carboxylic acids is 1. The van der Waals surface area contributed by atoms with Crippen molar-refractivity contribution in [3.05, 3.63) is 89.0 Å². The molecule has 33 heavy (non-hydrogen) atoms. The van der Waals surface area contributed by atoms with Crippen LogP contribution in [0.25, 0.3) is 0 Å². The van der Waals surface area contributed by atoms with Gasteiger partial charge in [-0.1, -0.05) is 47.5 Å². The van der Waals surface area contributed by atoms with Crippen molar-refractivity contribution in [2.45, 2.75) is 38.1 Å². The van der Waals surface area contributed by atoms with Crippen LogP contribution in [-0.4, -0.2) is 27.4 Å². The van der Waals surface area contributed by atoms with Crippen molar-refractivity contribution in [3.63, 3.8) is 0 Å². The van der Waals surface area contributed by atoms with Gasteiger partial charge in [0.05, 0.1) is 16.3 Å². The van der Waals surface area contributed by atoms with Gasteiger partial charge in [0.1, 0.15) is 0 Å². The summed E-state index contributed by atoms with van der Waals surface area (Å²) in [4.78, 5) is 15.2. The van der Waals surface area contributed by atoms with Crippen LogP contribution in [0.5, 0.6) is 0 Å². The average molecular weight is 464 g/mol. The Hall–Kier alpha value is -3.32. The van der Waals surface area contributed by atoms with E-state index in [2.05, 4.69) is 14.9 Å². The fourth-order valence-corrected chi connectivity index (χ4v) is 4.97. The Bertz CT molecular complexity index is 1230. The third-order valence-electron chi connectivity index (χ3n) is 5.85. The normalized spacial score (nSPS) is 13.7.